The number of ether oxygens (including phenoxy) is 1. The van der Waals surface area contributed by atoms with Gasteiger partial charge in [-0.05, 0) is 65.8 Å². The van der Waals surface area contributed by atoms with Crippen molar-refractivity contribution in [3.63, 3.8) is 0 Å². The lowest BCUT2D eigenvalue weighted by molar-refractivity contribution is 0.102. The number of anilines is 2. The average molecular weight is 440 g/mol. The van der Waals surface area contributed by atoms with E-state index in [-0.39, 0.29) is 12.0 Å². The van der Waals surface area contributed by atoms with Gasteiger partial charge in [-0.2, -0.15) is 0 Å². The Labute approximate surface area is 153 Å². The van der Waals surface area contributed by atoms with Crippen LogP contribution >= 0.6 is 22.6 Å². The lowest BCUT2D eigenvalue weighted by Crippen LogP contribution is -2.19. The third-order valence-electron chi connectivity index (χ3n) is 3.89. The average Bonchev–Trinajstić information content (AvgIpc) is 3.08. The van der Waals surface area contributed by atoms with E-state index in [2.05, 4.69) is 33.2 Å². The Kier molecular flexibility index (Phi) is 5.68. The summed E-state index contributed by atoms with van der Waals surface area (Å²) in [4.78, 5) is 12.3. The summed E-state index contributed by atoms with van der Waals surface area (Å²) in [5, 5.41) is 5.79. The summed E-state index contributed by atoms with van der Waals surface area (Å²) in [6.45, 7) is 1.36. The molecule has 0 saturated carbocycles. The fourth-order valence-corrected chi connectivity index (χ4v) is 3.24. The van der Waals surface area contributed by atoms with Crippen molar-refractivity contribution >= 4 is 39.9 Å². The summed E-state index contributed by atoms with van der Waals surface area (Å²) in [5.41, 5.74) is 1.41. The highest BCUT2D eigenvalue weighted by Crippen LogP contribution is 2.21. The highest BCUT2D eigenvalue weighted by atomic mass is 127. The molecule has 0 aliphatic carbocycles. The van der Waals surface area contributed by atoms with Gasteiger partial charge in [0.05, 0.1) is 17.4 Å². The van der Waals surface area contributed by atoms with E-state index in [1.807, 2.05) is 12.1 Å². The molecule has 1 saturated heterocycles. The Morgan fingerprint density at radius 2 is 2.12 bits per heavy atom. The molecule has 1 aliphatic rings. The molecule has 0 radical (unpaired) electrons. The minimum atomic E-state index is -0.395. The number of amides is 1. The second-order valence-electron chi connectivity index (χ2n) is 5.64. The molecule has 2 aromatic rings. The molecule has 1 amide bonds. The molecule has 6 heteroatoms. The van der Waals surface area contributed by atoms with Crippen LogP contribution in [-0.4, -0.2) is 25.2 Å². The summed E-state index contributed by atoms with van der Waals surface area (Å²) < 4.78 is 20.6. The van der Waals surface area contributed by atoms with Crippen LogP contribution in [0.25, 0.3) is 0 Å². The molecule has 24 heavy (non-hydrogen) atoms. The van der Waals surface area contributed by atoms with Crippen LogP contribution in [0.3, 0.4) is 0 Å². The van der Waals surface area contributed by atoms with Crippen molar-refractivity contribution in [2.45, 2.75) is 18.9 Å². The van der Waals surface area contributed by atoms with Gasteiger partial charge in [0, 0.05) is 22.4 Å². The van der Waals surface area contributed by atoms with Crippen molar-refractivity contribution in [3.8, 4) is 0 Å². The van der Waals surface area contributed by atoms with E-state index >= 15 is 0 Å². The van der Waals surface area contributed by atoms with Crippen LogP contribution in [0.2, 0.25) is 0 Å². The first-order valence-corrected chi connectivity index (χ1v) is 8.92. The van der Waals surface area contributed by atoms with Gasteiger partial charge in [-0.3, -0.25) is 4.79 Å². The molecular formula is C18H18FIN2O2. The first-order chi connectivity index (χ1) is 11.6. The number of carbonyl (C=O) groups excluding carboxylic acids is 1. The molecule has 0 bridgehead atoms. The van der Waals surface area contributed by atoms with E-state index in [1.165, 1.54) is 6.07 Å². The Balaban J connectivity index is 1.63. The van der Waals surface area contributed by atoms with E-state index in [4.69, 9.17) is 4.74 Å². The first-order valence-electron chi connectivity index (χ1n) is 7.84. The van der Waals surface area contributed by atoms with Crippen LogP contribution in [0.4, 0.5) is 15.8 Å². The molecule has 3 rings (SSSR count). The zero-order chi connectivity index (χ0) is 16.9. The minimum Gasteiger partial charge on any atom is -0.380 e. The van der Waals surface area contributed by atoms with E-state index in [0.717, 1.165) is 23.0 Å². The maximum Gasteiger partial charge on any atom is 0.256 e. The molecule has 0 spiro atoms. The number of hydrogen-bond acceptors (Lipinski definition) is 3. The topological polar surface area (TPSA) is 50.4 Å². The molecule has 1 unspecified atom stereocenters. The van der Waals surface area contributed by atoms with Gasteiger partial charge in [-0.15, -0.1) is 0 Å². The Morgan fingerprint density at radius 1 is 1.29 bits per heavy atom. The van der Waals surface area contributed by atoms with Gasteiger partial charge in [-0.25, -0.2) is 4.39 Å². The van der Waals surface area contributed by atoms with Crippen LogP contribution in [0.15, 0.2) is 42.5 Å². The molecule has 1 aliphatic heterocycles. The van der Waals surface area contributed by atoms with Gasteiger partial charge < -0.3 is 15.4 Å². The molecule has 1 fully saturated rings. The fourth-order valence-electron chi connectivity index (χ4n) is 2.61. The molecular weight excluding hydrogens is 422 g/mol. The first kappa shape index (κ1) is 17.2. The van der Waals surface area contributed by atoms with Crippen molar-refractivity contribution in [1.82, 2.24) is 0 Å². The van der Waals surface area contributed by atoms with Gasteiger partial charge in [0.2, 0.25) is 0 Å². The third-order valence-corrected chi connectivity index (χ3v) is 4.83. The van der Waals surface area contributed by atoms with Crippen molar-refractivity contribution in [2.75, 3.05) is 23.8 Å². The number of hydrogen-bond donors (Lipinski definition) is 2. The number of rotatable bonds is 5. The summed E-state index contributed by atoms with van der Waals surface area (Å²) in [6.07, 6.45) is 2.19. The molecule has 4 nitrogen and oxygen atoms in total. The molecule has 0 aromatic heterocycles. The minimum absolute atomic E-state index is 0.143. The van der Waals surface area contributed by atoms with Crippen LogP contribution in [0.1, 0.15) is 23.2 Å². The SMILES string of the molecule is O=C(Nc1ccc(NCC2CCCO2)c(F)c1)c1ccccc1I. The highest BCUT2D eigenvalue weighted by molar-refractivity contribution is 14.1. The highest BCUT2D eigenvalue weighted by Gasteiger charge is 2.16. The zero-order valence-corrected chi connectivity index (χ0v) is 15.2. The zero-order valence-electron chi connectivity index (χ0n) is 13.0. The summed E-state index contributed by atoms with van der Waals surface area (Å²) in [5.74, 6) is -0.645. The lowest BCUT2D eigenvalue weighted by Gasteiger charge is -2.13. The van der Waals surface area contributed by atoms with Crippen LogP contribution in [0, 0.1) is 9.39 Å². The largest absolute Gasteiger partial charge is 0.380 e. The van der Waals surface area contributed by atoms with Gasteiger partial charge in [0.1, 0.15) is 5.82 Å². The van der Waals surface area contributed by atoms with Gasteiger partial charge in [0.25, 0.3) is 5.91 Å². The van der Waals surface area contributed by atoms with Gasteiger partial charge >= 0.3 is 0 Å². The van der Waals surface area contributed by atoms with E-state index in [9.17, 15) is 9.18 Å². The van der Waals surface area contributed by atoms with Crippen molar-refractivity contribution in [1.29, 1.82) is 0 Å². The summed E-state index contributed by atoms with van der Waals surface area (Å²) >= 11 is 2.10. The maximum absolute atomic E-state index is 14.2. The van der Waals surface area contributed by atoms with Gasteiger partial charge in [0.15, 0.2) is 0 Å². The standard InChI is InChI=1S/C18H18FIN2O2/c19-15-10-12(22-18(23)14-5-1-2-6-16(14)20)7-8-17(15)21-11-13-4-3-9-24-13/h1-2,5-8,10,13,21H,3-4,9,11H2,(H,22,23). The van der Waals surface area contributed by atoms with Gasteiger partial charge in [-0.1, -0.05) is 12.1 Å². The normalized spacial score (nSPS) is 16.8. The summed E-state index contributed by atoms with van der Waals surface area (Å²) in [6, 6.07) is 11.9. The van der Waals surface area contributed by atoms with Crippen LogP contribution < -0.4 is 10.6 Å². The fraction of sp³-hybridized carbons (Fsp3) is 0.278. The van der Waals surface area contributed by atoms with Crippen LogP contribution in [-0.2, 0) is 4.74 Å². The third kappa shape index (κ3) is 4.24. The maximum atomic E-state index is 14.2. The number of carbonyl (C=O) groups is 1. The van der Waals surface area contributed by atoms with Crippen molar-refractivity contribution in [3.05, 3.63) is 57.4 Å². The quantitative estimate of drug-likeness (QED) is 0.683. The smallest absolute Gasteiger partial charge is 0.256 e. The number of halogens is 2. The Bertz CT molecular complexity index is 733. The molecule has 1 heterocycles. The molecule has 2 N–H and O–H groups in total. The molecule has 1 atom stereocenters. The predicted molar refractivity (Wildman–Crippen MR) is 101 cm³/mol. The number of nitrogens with one attached hydrogen (secondary N) is 2. The van der Waals surface area contributed by atoms with Crippen molar-refractivity contribution in [2.24, 2.45) is 0 Å². The monoisotopic (exact) mass is 440 g/mol. The molecule has 126 valence electrons. The number of benzene rings is 2. The second-order valence-corrected chi connectivity index (χ2v) is 6.81. The van der Waals surface area contributed by atoms with Crippen molar-refractivity contribution < 1.29 is 13.9 Å². The predicted octanol–water partition coefficient (Wildman–Crippen LogP) is 4.27. The lowest BCUT2D eigenvalue weighted by atomic mass is 10.2. The second kappa shape index (κ2) is 7.94. The van der Waals surface area contributed by atoms with Crippen LogP contribution in [0.5, 0.6) is 0 Å². The molecule has 2 aromatic carbocycles. The van der Waals surface area contributed by atoms with E-state index in [1.54, 1.807) is 24.3 Å². The Hall–Kier alpha value is -1.67. The van der Waals surface area contributed by atoms with E-state index < -0.39 is 5.82 Å². The van der Waals surface area contributed by atoms with E-state index in [0.29, 0.717) is 23.5 Å². The Morgan fingerprint density at radius 3 is 2.83 bits per heavy atom. The summed E-state index contributed by atoms with van der Waals surface area (Å²) in [7, 11) is 0.